The molecule has 0 aliphatic heterocycles. The molecule has 112 valence electrons. The number of nitrogens with two attached hydrogens (primary N) is 1. The fraction of sp³-hybridized carbons (Fsp3) is 0.364. The molecule has 2 aromatic rings. The van der Waals surface area contributed by atoms with E-state index in [4.69, 9.17) is 10.5 Å². The molecular weight excluding hydrogens is 294 g/mol. The molecule has 2 rings (SSSR count). The standard InChI is InChI=1S/C11H15N7O2S/c1-5(2)20-9-16-8(13-3)17-11(18-9)21-10-14-6(12)4-7(19)15-10/h4-5H,1-3H3,(H3,12,14,15,19)(H,13,16,17,18). The molecule has 10 heteroatoms. The third-order valence-corrected chi connectivity index (χ3v) is 2.84. The summed E-state index contributed by atoms with van der Waals surface area (Å²) >= 11 is 1.06. The van der Waals surface area contributed by atoms with Crippen molar-refractivity contribution in [1.29, 1.82) is 0 Å². The van der Waals surface area contributed by atoms with Crippen molar-refractivity contribution in [3.63, 3.8) is 0 Å². The van der Waals surface area contributed by atoms with E-state index in [9.17, 15) is 4.79 Å². The van der Waals surface area contributed by atoms with Crippen molar-refractivity contribution in [3.05, 3.63) is 16.4 Å². The van der Waals surface area contributed by atoms with Crippen molar-refractivity contribution in [2.45, 2.75) is 30.3 Å². The molecule has 0 saturated heterocycles. The quantitative estimate of drug-likeness (QED) is 0.676. The lowest BCUT2D eigenvalue weighted by Gasteiger charge is -2.09. The first-order valence-corrected chi connectivity index (χ1v) is 6.93. The zero-order valence-corrected chi connectivity index (χ0v) is 12.6. The maximum absolute atomic E-state index is 11.4. The predicted octanol–water partition coefficient (Wildman–Crippen LogP) is 0.517. The molecule has 4 N–H and O–H groups in total. The molecule has 0 fully saturated rings. The summed E-state index contributed by atoms with van der Waals surface area (Å²) in [5.74, 6) is 0.484. The zero-order chi connectivity index (χ0) is 15.4. The minimum Gasteiger partial charge on any atom is -0.461 e. The Morgan fingerprint density at radius 3 is 2.71 bits per heavy atom. The van der Waals surface area contributed by atoms with Gasteiger partial charge in [0.1, 0.15) is 5.82 Å². The molecule has 0 atom stereocenters. The number of nitrogens with one attached hydrogen (secondary N) is 2. The van der Waals surface area contributed by atoms with Gasteiger partial charge < -0.3 is 20.8 Å². The fourth-order valence-corrected chi connectivity index (χ4v) is 2.08. The smallest absolute Gasteiger partial charge is 0.322 e. The van der Waals surface area contributed by atoms with Crippen molar-refractivity contribution in [3.8, 4) is 6.01 Å². The van der Waals surface area contributed by atoms with Gasteiger partial charge in [-0.15, -0.1) is 0 Å². The summed E-state index contributed by atoms with van der Waals surface area (Å²) in [6, 6.07) is 1.39. The molecule has 0 saturated carbocycles. The second kappa shape index (κ2) is 6.39. The van der Waals surface area contributed by atoms with Gasteiger partial charge in [-0.1, -0.05) is 0 Å². The number of hydrogen-bond donors (Lipinski definition) is 3. The number of anilines is 2. The van der Waals surface area contributed by atoms with Crippen LogP contribution in [0.5, 0.6) is 6.01 Å². The summed E-state index contributed by atoms with van der Waals surface area (Å²) in [7, 11) is 1.68. The van der Waals surface area contributed by atoms with Gasteiger partial charge in [0.2, 0.25) is 11.1 Å². The molecule has 0 aliphatic carbocycles. The van der Waals surface area contributed by atoms with Crippen LogP contribution in [0, 0.1) is 0 Å². The third-order valence-electron chi connectivity index (χ3n) is 2.09. The van der Waals surface area contributed by atoms with Gasteiger partial charge in [-0.25, -0.2) is 4.98 Å². The molecule has 0 radical (unpaired) electrons. The number of ether oxygens (including phenoxy) is 1. The van der Waals surface area contributed by atoms with E-state index in [2.05, 4.69) is 30.2 Å². The van der Waals surface area contributed by atoms with Crippen molar-refractivity contribution in [2.24, 2.45) is 0 Å². The van der Waals surface area contributed by atoms with Gasteiger partial charge in [0.05, 0.1) is 6.10 Å². The molecule has 0 aromatic carbocycles. The van der Waals surface area contributed by atoms with Crippen molar-refractivity contribution in [1.82, 2.24) is 24.9 Å². The lowest BCUT2D eigenvalue weighted by Crippen LogP contribution is -2.12. The van der Waals surface area contributed by atoms with Crippen LogP contribution >= 0.6 is 11.8 Å². The van der Waals surface area contributed by atoms with E-state index in [1.54, 1.807) is 7.05 Å². The summed E-state index contributed by atoms with van der Waals surface area (Å²) in [4.78, 5) is 30.3. The van der Waals surface area contributed by atoms with E-state index < -0.39 is 0 Å². The molecule has 21 heavy (non-hydrogen) atoms. The lowest BCUT2D eigenvalue weighted by atomic mass is 10.5. The maximum atomic E-state index is 11.4. The van der Waals surface area contributed by atoms with Crippen molar-refractivity contribution < 1.29 is 4.74 Å². The van der Waals surface area contributed by atoms with E-state index in [-0.39, 0.29) is 23.5 Å². The fourth-order valence-electron chi connectivity index (χ4n) is 1.35. The topological polar surface area (TPSA) is 132 Å². The van der Waals surface area contributed by atoms with E-state index in [1.807, 2.05) is 13.8 Å². The molecule has 9 nitrogen and oxygen atoms in total. The highest BCUT2D eigenvalue weighted by Crippen LogP contribution is 2.23. The molecule has 0 spiro atoms. The Bertz CT molecular complexity index is 689. The molecule has 0 unspecified atom stereocenters. The van der Waals surface area contributed by atoms with Crippen LogP contribution in [0.15, 0.2) is 21.2 Å². The van der Waals surface area contributed by atoms with E-state index in [0.29, 0.717) is 16.3 Å². The minimum absolute atomic E-state index is 0.0692. The average Bonchev–Trinajstić information content (AvgIpc) is 2.36. The van der Waals surface area contributed by atoms with Gasteiger partial charge in [0, 0.05) is 13.1 Å². The van der Waals surface area contributed by atoms with Crippen LogP contribution in [0.1, 0.15) is 13.8 Å². The Morgan fingerprint density at radius 2 is 2.10 bits per heavy atom. The SMILES string of the molecule is CNc1nc(OC(C)C)nc(Sc2nc(N)cc(=O)[nH]2)n1. The normalized spacial score (nSPS) is 10.7. The van der Waals surface area contributed by atoms with Crippen LogP contribution in [0.4, 0.5) is 11.8 Å². The minimum atomic E-state index is -0.341. The van der Waals surface area contributed by atoms with Crippen molar-refractivity contribution in [2.75, 3.05) is 18.1 Å². The monoisotopic (exact) mass is 309 g/mol. The maximum Gasteiger partial charge on any atom is 0.322 e. The first-order chi connectivity index (χ1) is 9.96. The summed E-state index contributed by atoms with van der Waals surface area (Å²) in [6.07, 6.45) is -0.0692. The largest absolute Gasteiger partial charge is 0.461 e. The lowest BCUT2D eigenvalue weighted by molar-refractivity contribution is 0.219. The zero-order valence-electron chi connectivity index (χ0n) is 11.7. The van der Waals surface area contributed by atoms with Gasteiger partial charge in [-0.05, 0) is 25.6 Å². The van der Waals surface area contributed by atoms with E-state index in [1.165, 1.54) is 6.07 Å². The Labute approximate surface area is 124 Å². The van der Waals surface area contributed by atoms with Crippen LogP contribution in [0.3, 0.4) is 0 Å². The molecule has 0 aliphatic rings. The first kappa shape index (κ1) is 15.0. The Balaban J connectivity index is 2.31. The highest BCUT2D eigenvalue weighted by atomic mass is 32.2. The Hall–Kier alpha value is -2.36. The molecule has 0 bridgehead atoms. The predicted molar refractivity (Wildman–Crippen MR) is 78.5 cm³/mol. The van der Waals surface area contributed by atoms with Gasteiger partial charge in [0.15, 0.2) is 5.16 Å². The molecular formula is C11H15N7O2S. The van der Waals surface area contributed by atoms with Crippen LogP contribution in [0.25, 0.3) is 0 Å². The number of nitrogens with zero attached hydrogens (tertiary/aromatic N) is 4. The second-order valence-electron chi connectivity index (χ2n) is 4.22. The van der Waals surface area contributed by atoms with E-state index in [0.717, 1.165) is 11.8 Å². The first-order valence-electron chi connectivity index (χ1n) is 6.11. The van der Waals surface area contributed by atoms with Crippen LogP contribution < -0.4 is 21.3 Å². The number of H-pyrrole nitrogens is 1. The Morgan fingerprint density at radius 1 is 1.33 bits per heavy atom. The number of nitrogen functional groups attached to an aromatic ring is 1. The van der Waals surface area contributed by atoms with Gasteiger partial charge >= 0.3 is 6.01 Å². The highest BCUT2D eigenvalue weighted by Gasteiger charge is 2.11. The molecule has 2 heterocycles. The number of aromatic amines is 1. The summed E-state index contributed by atoms with van der Waals surface area (Å²) < 4.78 is 5.45. The van der Waals surface area contributed by atoms with Crippen LogP contribution in [-0.2, 0) is 0 Å². The summed E-state index contributed by atoms with van der Waals surface area (Å²) in [5, 5.41) is 3.44. The van der Waals surface area contributed by atoms with Crippen LogP contribution in [0.2, 0.25) is 0 Å². The van der Waals surface area contributed by atoms with Crippen molar-refractivity contribution >= 4 is 23.5 Å². The third kappa shape index (κ3) is 4.31. The number of rotatable bonds is 5. The second-order valence-corrected chi connectivity index (χ2v) is 5.17. The number of hydrogen-bond acceptors (Lipinski definition) is 9. The van der Waals surface area contributed by atoms with Gasteiger partial charge in [-0.2, -0.15) is 15.0 Å². The molecule has 0 amide bonds. The van der Waals surface area contributed by atoms with Crippen LogP contribution in [-0.4, -0.2) is 38.1 Å². The highest BCUT2D eigenvalue weighted by molar-refractivity contribution is 7.99. The van der Waals surface area contributed by atoms with Gasteiger partial charge in [-0.3, -0.25) is 4.79 Å². The summed E-state index contributed by atoms with van der Waals surface area (Å²) in [5.41, 5.74) is 5.19. The number of aromatic nitrogens is 5. The van der Waals surface area contributed by atoms with E-state index >= 15 is 0 Å². The summed E-state index contributed by atoms with van der Waals surface area (Å²) in [6.45, 7) is 3.74. The molecule has 2 aromatic heterocycles. The average molecular weight is 309 g/mol. The Kier molecular flexibility index (Phi) is 4.58. The van der Waals surface area contributed by atoms with Gasteiger partial charge in [0.25, 0.3) is 5.56 Å².